The van der Waals surface area contributed by atoms with Crippen LogP contribution in [-0.4, -0.2) is 19.5 Å². The lowest BCUT2D eigenvalue weighted by Crippen LogP contribution is -2.04. The summed E-state index contributed by atoms with van der Waals surface area (Å²) in [4.78, 5) is 8.91. The van der Waals surface area contributed by atoms with Crippen LogP contribution in [0, 0.1) is 0 Å². The van der Waals surface area contributed by atoms with Crippen molar-refractivity contribution in [3.63, 3.8) is 0 Å². The number of imidazole rings is 1. The Hall–Kier alpha value is -2.52. The number of aromatic nitrogens is 4. The van der Waals surface area contributed by atoms with Crippen molar-refractivity contribution in [2.24, 2.45) is 0 Å². The molecule has 4 aromatic rings. The maximum absolute atomic E-state index is 12.6. The van der Waals surface area contributed by atoms with E-state index in [0.717, 1.165) is 10.6 Å². The largest absolute Gasteiger partial charge is 0.471 e. The Bertz CT molecular complexity index is 1110. The molecule has 4 rings (SSSR count). The highest BCUT2D eigenvalue weighted by Gasteiger charge is 2.38. The average Bonchev–Trinajstić information content (AvgIpc) is 3.26. The Labute approximate surface area is 160 Å². The Morgan fingerprint density at radius 2 is 1.96 bits per heavy atom. The van der Waals surface area contributed by atoms with E-state index in [-0.39, 0.29) is 5.82 Å². The predicted octanol–water partition coefficient (Wildman–Crippen LogP) is 5.35. The van der Waals surface area contributed by atoms with Crippen molar-refractivity contribution in [1.29, 1.82) is 0 Å². The SMILES string of the molecule is FC(F)(F)c1nc(-c2ccc3nc(CSc4cccc(Cl)c4)cn3c2)no1. The van der Waals surface area contributed by atoms with E-state index in [1.54, 1.807) is 46.8 Å². The highest BCUT2D eigenvalue weighted by molar-refractivity contribution is 7.98. The summed E-state index contributed by atoms with van der Waals surface area (Å²) < 4.78 is 43.8. The molecule has 0 atom stereocenters. The van der Waals surface area contributed by atoms with Crippen LogP contribution in [0.4, 0.5) is 13.2 Å². The number of halogens is 4. The molecule has 0 fully saturated rings. The zero-order valence-electron chi connectivity index (χ0n) is 13.4. The molecule has 27 heavy (non-hydrogen) atoms. The number of hydrogen-bond acceptors (Lipinski definition) is 5. The van der Waals surface area contributed by atoms with Crippen LogP contribution in [0.5, 0.6) is 0 Å². The van der Waals surface area contributed by atoms with Gasteiger partial charge in [0.1, 0.15) is 5.65 Å². The number of fused-ring (bicyclic) bond motifs is 1. The van der Waals surface area contributed by atoms with Crippen LogP contribution in [-0.2, 0) is 11.9 Å². The van der Waals surface area contributed by atoms with Gasteiger partial charge in [0.15, 0.2) is 0 Å². The van der Waals surface area contributed by atoms with Crippen LogP contribution >= 0.6 is 23.4 Å². The summed E-state index contributed by atoms with van der Waals surface area (Å²) in [7, 11) is 0. The summed E-state index contributed by atoms with van der Waals surface area (Å²) in [6, 6.07) is 10.8. The van der Waals surface area contributed by atoms with Crippen LogP contribution in [0.1, 0.15) is 11.6 Å². The van der Waals surface area contributed by atoms with Gasteiger partial charge in [0.05, 0.1) is 5.69 Å². The number of nitrogens with zero attached hydrogens (tertiary/aromatic N) is 4. The molecular formula is C17H10ClF3N4OS. The maximum atomic E-state index is 12.6. The third-order valence-corrected chi connectivity index (χ3v) is 4.87. The second-order valence-corrected chi connectivity index (χ2v) is 7.07. The van der Waals surface area contributed by atoms with E-state index >= 15 is 0 Å². The van der Waals surface area contributed by atoms with E-state index in [2.05, 4.69) is 19.6 Å². The molecule has 0 saturated heterocycles. The summed E-state index contributed by atoms with van der Waals surface area (Å²) in [6.45, 7) is 0. The summed E-state index contributed by atoms with van der Waals surface area (Å²) >= 11 is 7.56. The Balaban J connectivity index is 1.55. The maximum Gasteiger partial charge on any atom is 0.471 e. The van der Waals surface area contributed by atoms with E-state index in [0.29, 0.717) is 22.0 Å². The molecule has 3 aromatic heterocycles. The summed E-state index contributed by atoms with van der Waals surface area (Å²) in [6.07, 6.45) is -1.25. The third-order valence-electron chi connectivity index (χ3n) is 3.61. The molecule has 3 heterocycles. The minimum absolute atomic E-state index is 0.132. The van der Waals surface area contributed by atoms with Crippen LogP contribution in [0.3, 0.4) is 0 Å². The van der Waals surface area contributed by atoms with Gasteiger partial charge in [0.2, 0.25) is 5.82 Å². The summed E-state index contributed by atoms with van der Waals surface area (Å²) in [5.74, 6) is -0.882. The van der Waals surface area contributed by atoms with E-state index in [9.17, 15) is 13.2 Å². The number of hydrogen-bond donors (Lipinski definition) is 0. The van der Waals surface area contributed by atoms with Crippen LogP contribution in [0.15, 0.2) is 58.2 Å². The quantitative estimate of drug-likeness (QED) is 0.424. The van der Waals surface area contributed by atoms with Gasteiger partial charge in [-0.05, 0) is 30.3 Å². The summed E-state index contributed by atoms with van der Waals surface area (Å²) in [5, 5.41) is 4.06. The molecule has 0 aliphatic carbocycles. The van der Waals surface area contributed by atoms with Crippen molar-refractivity contribution < 1.29 is 17.7 Å². The van der Waals surface area contributed by atoms with Crippen LogP contribution in [0.2, 0.25) is 5.02 Å². The molecular weight excluding hydrogens is 401 g/mol. The van der Waals surface area contributed by atoms with Crippen molar-refractivity contribution in [2.75, 3.05) is 0 Å². The molecule has 10 heteroatoms. The van der Waals surface area contributed by atoms with Gasteiger partial charge < -0.3 is 8.92 Å². The van der Waals surface area contributed by atoms with Crippen molar-refractivity contribution in [3.05, 3.63) is 65.4 Å². The van der Waals surface area contributed by atoms with Gasteiger partial charge in [-0.1, -0.05) is 22.8 Å². The van der Waals surface area contributed by atoms with E-state index in [1.807, 2.05) is 18.2 Å². The second kappa shape index (κ2) is 6.90. The number of benzene rings is 1. The number of thioether (sulfide) groups is 1. The standard InChI is InChI=1S/C17H10ClF3N4OS/c18-11-2-1-3-13(6-11)27-9-12-8-25-7-10(4-5-14(25)22-12)15-23-16(26-24-15)17(19,20)21/h1-8H,9H2. The van der Waals surface area contributed by atoms with Crippen LogP contribution < -0.4 is 0 Å². The predicted molar refractivity (Wildman–Crippen MR) is 94.5 cm³/mol. The highest BCUT2D eigenvalue weighted by atomic mass is 35.5. The molecule has 5 nitrogen and oxygen atoms in total. The van der Waals surface area contributed by atoms with Gasteiger partial charge in [0.25, 0.3) is 0 Å². The zero-order valence-corrected chi connectivity index (χ0v) is 15.0. The van der Waals surface area contributed by atoms with Gasteiger partial charge >= 0.3 is 12.1 Å². The van der Waals surface area contributed by atoms with E-state index < -0.39 is 12.1 Å². The molecule has 0 spiro atoms. The van der Waals surface area contributed by atoms with Gasteiger partial charge in [-0.2, -0.15) is 18.2 Å². The van der Waals surface area contributed by atoms with Gasteiger partial charge in [-0.15, -0.1) is 11.8 Å². The van der Waals surface area contributed by atoms with Gasteiger partial charge in [-0.25, -0.2) is 4.98 Å². The zero-order chi connectivity index (χ0) is 19.0. The van der Waals surface area contributed by atoms with Crippen molar-refractivity contribution >= 4 is 29.0 Å². The number of rotatable bonds is 4. The molecule has 0 aliphatic heterocycles. The molecule has 0 unspecified atom stereocenters. The number of pyridine rings is 1. The Morgan fingerprint density at radius 3 is 2.70 bits per heavy atom. The fraction of sp³-hybridized carbons (Fsp3) is 0.118. The Kier molecular flexibility index (Phi) is 4.56. The van der Waals surface area contributed by atoms with E-state index in [4.69, 9.17) is 11.6 Å². The molecule has 1 aromatic carbocycles. The minimum atomic E-state index is -4.67. The first kappa shape index (κ1) is 17.9. The molecule has 0 N–H and O–H groups in total. The first-order valence-corrected chi connectivity index (χ1v) is 9.02. The smallest absolute Gasteiger partial charge is 0.329 e. The van der Waals surface area contributed by atoms with Crippen LogP contribution in [0.25, 0.3) is 17.0 Å². The van der Waals surface area contributed by atoms with Crippen molar-refractivity contribution in [3.8, 4) is 11.4 Å². The minimum Gasteiger partial charge on any atom is -0.329 e. The lowest BCUT2D eigenvalue weighted by Gasteiger charge is -1.99. The lowest BCUT2D eigenvalue weighted by molar-refractivity contribution is -0.159. The normalized spacial score (nSPS) is 12.0. The lowest BCUT2D eigenvalue weighted by atomic mass is 10.3. The number of alkyl halides is 3. The molecule has 0 amide bonds. The summed E-state index contributed by atoms with van der Waals surface area (Å²) in [5.41, 5.74) is 1.88. The first-order valence-electron chi connectivity index (χ1n) is 7.66. The molecule has 0 aliphatic rings. The topological polar surface area (TPSA) is 56.2 Å². The second-order valence-electron chi connectivity index (χ2n) is 5.58. The van der Waals surface area contributed by atoms with Gasteiger partial charge in [-0.3, -0.25) is 0 Å². The van der Waals surface area contributed by atoms with E-state index in [1.165, 1.54) is 0 Å². The highest BCUT2D eigenvalue weighted by Crippen LogP contribution is 2.30. The van der Waals surface area contributed by atoms with Crippen molar-refractivity contribution in [1.82, 2.24) is 19.5 Å². The first-order chi connectivity index (χ1) is 12.9. The third kappa shape index (κ3) is 3.93. The molecule has 0 bridgehead atoms. The monoisotopic (exact) mass is 410 g/mol. The van der Waals surface area contributed by atoms with Crippen molar-refractivity contribution in [2.45, 2.75) is 16.8 Å². The fourth-order valence-electron chi connectivity index (χ4n) is 2.42. The van der Waals surface area contributed by atoms with Gasteiger partial charge in [0, 0.05) is 33.6 Å². The molecule has 0 saturated carbocycles. The fourth-order valence-corrected chi connectivity index (χ4v) is 3.51. The molecule has 0 radical (unpaired) electrons. The Morgan fingerprint density at radius 1 is 1.11 bits per heavy atom. The molecule has 138 valence electrons. The average molecular weight is 411 g/mol.